The van der Waals surface area contributed by atoms with E-state index in [2.05, 4.69) is 10.6 Å². The van der Waals surface area contributed by atoms with Crippen molar-refractivity contribution in [2.45, 2.75) is 31.8 Å². The third-order valence-electron chi connectivity index (χ3n) is 4.26. The average molecular weight is 402 g/mol. The highest BCUT2D eigenvalue weighted by molar-refractivity contribution is 5.90. The summed E-state index contributed by atoms with van der Waals surface area (Å²) in [4.78, 5) is 35.8. The highest BCUT2D eigenvalue weighted by Crippen LogP contribution is 2.13. The number of carboxylic acids is 1. The van der Waals surface area contributed by atoms with Crippen LogP contribution in [-0.2, 0) is 27.2 Å². The molecule has 0 saturated heterocycles. The zero-order chi connectivity index (χ0) is 21.4. The molecule has 0 aromatic heterocycles. The Labute approximate surface area is 167 Å². The molecule has 8 heteroatoms. The van der Waals surface area contributed by atoms with Crippen molar-refractivity contribution in [3.63, 3.8) is 0 Å². The van der Waals surface area contributed by atoms with Gasteiger partial charge in [-0.2, -0.15) is 0 Å². The summed E-state index contributed by atoms with van der Waals surface area (Å²) in [6, 6.07) is 10.2. The predicted molar refractivity (Wildman–Crippen MR) is 104 cm³/mol. The lowest BCUT2D eigenvalue weighted by Gasteiger charge is -2.21. The maximum absolute atomic E-state index is 13.1. The summed E-state index contributed by atoms with van der Waals surface area (Å²) < 4.78 is 18.2. The number of ether oxygens (including phenoxy) is 1. The molecule has 2 aromatic rings. The first-order valence-corrected chi connectivity index (χ1v) is 8.96. The number of methoxy groups -OCH3 is 1. The zero-order valence-electron chi connectivity index (χ0n) is 16.1. The minimum Gasteiger partial charge on any atom is -0.497 e. The standard InChI is InChI=1S/C21H23FN2O5/c1-13(25)23-18(11-14-3-7-16(22)8-4-14)20(26)24-19(21(27)28)12-15-5-9-17(29-2)10-6-15/h3-10,18-19H,11-12H2,1-2H3,(H,23,25)(H,24,26)(H,27,28)/t18-,19-/m1/s1. The Balaban J connectivity index is 2.11. The topological polar surface area (TPSA) is 105 Å². The highest BCUT2D eigenvalue weighted by atomic mass is 19.1. The molecule has 0 aliphatic rings. The summed E-state index contributed by atoms with van der Waals surface area (Å²) in [5.74, 6) is -2.05. The molecule has 0 fully saturated rings. The lowest BCUT2D eigenvalue weighted by atomic mass is 10.0. The molecule has 154 valence electrons. The summed E-state index contributed by atoms with van der Waals surface area (Å²) in [6.07, 6.45) is 0.162. The van der Waals surface area contributed by atoms with Gasteiger partial charge in [0.2, 0.25) is 11.8 Å². The van der Waals surface area contributed by atoms with Crippen LogP contribution in [0.15, 0.2) is 48.5 Å². The van der Waals surface area contributed by atoms with Gasteiger partial charge in [-0.1, -0.05) is 24.3 Å². The second-order valence-electron chi connectivity index (χ2n) is 6.54. The van der Waals surface area contributed by atoms with Crippen molar-refractivity contribution in [1.29, 1.82) is 0 Å². The quantitative estimate of drug-likeness (QED) is 0.592. The first kappa shape index (κ1) is 21.9. The van der Waals surface area contributed by atoms with Crippen LogP contribution in [0.1, 0.15) is 18.1 Å². The molecule has 7 nitrogen and oxygen atoms in total. The van der Waals surface area contributed by atoms with Crippen molar-refractivity contribution in [3.05, 3.63) is 65.5 Å². The Hall–Kier alpha value is -3.42. The monoisotopic (exact) mass is 402 g/mol. The van der Waals surface area contributed by atoms with E-state index in [-0.39, 0.29) is 12.8 Å². The number of halogens is 1. The lowest BCUT2D eigenvalue weighted by molar-refractivity contribution is -0.142. The maximum atomic E-state index is 13.1. The third-order valence-corrected chi connectivity index (χ3v) is 4.26. The number of hydrogen-bond donors (Lipinski definition) is 3. The second kappa shape index (κ2) is 10.2. The van der Waals surface area contributed by atoms with E-state index in [9.17, 15) is 23.9 Å². The summed E-state index contributed by atoms with van der Waals surface area (Å²) in [7, 11) is 1.53. The van der Waals surface area contributed by atoms with E-state index >= 15 is 0 Å². The number of benzene rings is 2. The summed E-state index contributed by atoms with van der Waals surface area (Å²) >= 11 is 0. The molecule has 3 N–H and O–H groups in total. The molecular weight excluding hydrogens is 379 g/mol. The summed E-state index contributed by atoms with van der Waals surface area (Å²) in [5.41, 5.74) is 1.33. The third kappa shape index (κ3) is 6.91. The Kier molecular flexibility index (Phi) is 7.70. The van der Waals surface area contributed by atoms with E-state index in [4.69, 9.17) is 4.74 Å². The molecule has 2 amide bonds. The van der Waals surface area contributed by atoms with Gasteiger partial charge in [-0.05, 0) is 35.4 Å². The minimum absolute atomic E-state index is 0.0639. The van der Waals surface area contributed by atoms with Gasteiger partial charge in [0, 0.05) is 19.8 Å². The van der Waals surface area contributed by atoms with Crippen LogP contribution in [0.5, 0.6) is 5.75 Å². The van der Waals surface area contributed by atoms with Gasteiger partial charge in [0.15, 0.2) is 0 Å². The number of amides is 2. The smallest absolute Gasteiger partial charge is 0.326 e. The Morgan fingerprint density at radius 2 is 1.45 bits per heavy atom. The Bertz CT molecular complexity index is 852. The number of carbonyl (C=O) groups excluding carboxylic acids is 2. The minimum atomic E-state index is -1.20. The number of rotatable bonds is 9. The lowest BCUT2D eigenvalue weighted by Crippen LogP contribution is -2.52. The van der Waals surface area contributed by atoms with Crippen LogP contribution < -0.4 is 15.4 Å². The van der Waals surface area contributed by atoms with Crippen molar-refractivity contribution >= 4 is 17.8 Å². The number of carboxylic acid groups (broad SMARTS) is 1. The molecule has 0 radical (unpaired) electrons. The van der Waals surface area contributed by atoms with Crippen molar-refractivity contribution < 1.29 is 28.6 Å². The van der Waals surface area contributed by atoms with Crippen molar-refractivity contribution in [1.82, 2.24) is 10.6 Å². The van der Waals surface area contributed by atoms with Gasteiger partial charge in [-0.15, -0.1) is 0 Å². The van der Waals surface area contributed by atoms with Gasteiger partial charge in [-0.25, -0.2) is 9.18 Å². The molecule has 0 bridgehead atoms. The first-order chi connectivity index (χ1) is 13.8. The molecule has 0 unspecified atom stereocenters. The van der Waals surface area contributed by atoms with Gasteiger partial charge in [0.1, 0.15) is 23.7 Å². The predicted octanol–water partition coefficient (Wildman–Crippen LogP) is 1.69. The molecule has 0 aliphatic carbocycles. The second-order valence-corrected chi connectivity index (χ2v) is 6.54. The van der Waals surface area contributed by atoms with Gasteiger partial charge in [0.05, 0.1) is 7.11 Å². The van der Waals surface area contributed by atoms with Gasteiger partial charge < -0.3 is 20.5 Å². The summed E-state index contributed by atoms with van der Waals surface area (Å²) in [5, 5.41) is 14.5. The van der Waals surface area contributed by atoms with Crippen LogP contribution in [0, 0.1) is 5.82 Å². The first-order valence-electron chi connectivity index (χ1n) is 8.96. The number of aliphatic carboxylic acids is 1. The van der Waals surface area contributed by atoms with E-state index in [1.165, 1.54) is 38.3 Å². The zero-order valence-corrected chi connectivity index (χ0v) is 16.1. The average Bonchev–Trinajstić information content (AvgIpc) is 2.68. The van der Waals surface area contributed by atoms with E-state index < -0.39 is 35.7 Å². The van der Waals surface area contributed by atoms with Gasteiger partial charge in [-0.3, -0.25) is 9.59 Å². The Morgan fingerprint density at radius 3 is 1.93 bits per heavy atom. The van der Waals surface area contributed by atoms with Crippen LogP contribution in [0.3, 0.4) is 0 Å². The molecule has 2 atom stereocenters. The molecule has 0 aliphatic heterocycles. The Morgan fingerprint density at radius 1 is 0.931 bits per heavy atom. The molecule has 0 spiro atoms. The van der Waals surface area contributed by atoms with Crippen LogP contribution >= 0.6 is 0 Å². The van der Waals surface area contributed by atoms with Crippen molar-refractivity contribution in [2.24, 2.45) is 0 Å². The number of carbonyl (C=O) groups is 3. The molecule has 0 heterocycles. The molecule has 0 saturated carbocycles. The van der Waals surface area contributed by atoms with Crippen LogP contribution in [-0.4, -0.2) is 42.1 Å². The van der Waals surface area contributed by atoms with Crippen LogP contribution in [0.2, 0.25) is 0 Å². The highest BCUT2D eigenvalue weighted by Gasteiger charge is 2.26. The molecule has 2 rings (SSSR count). The van der Waals surface area contributed by atoms with Crippen molar-refractivity contribution in [3.8, 4) is 5.75 Å². The normalized spacial score (nSPS) is 12.5. The van der Waals surface area contributed by atoms with Crippen molar-refractivity contribution in [2.75, 3.05) is 7.11 Å². The van der Waals surface area contributed by atoms with E-state index in [1.807, 2.05) is 0 Å². The van der Waals surface area contributed by atoms with E-state index in [0.717, 1.165) is 0 Å². The van der Waals surface area contributed by atoms with E-state index in [1.54, 1.807) is 24.3 Å². The largest absolute Gasteiger partial charge is 0.497 e. The van der Waals surface area contributed by atoms with Gasteiger partial charge >= 0.3 is 5.97 Å². The van der Waals surface area contributed by atoms with E-state index in [0.29, 0.717) is 16.9 Å². The fourth-order valence-electron chi connectivity index (χ4n) is 2.78. The number of nitrogens with one attached hydrogen (secondary N) is 2. The number of hydrogen-bond acceptors (Lipinski definition) is 4. The fraction of sp³-hybridized carbons (Fsp3) is 0.286. The van der Waals surface area contributed by atoms with Crippen LogP contribution in [0.25, 0.3) is 0 Å². The molecule has 2 aromatic carbocycles. The molecule has 29 heavy (non-hydrogen) atoms. The molecular formula is C21H23FN2O5. The fourth-order valence-corrected chi connectivity index (χ4v) is 2.78. The summed E-state index contributed by atoms with van der Waals surface area (Å²) in [6.45, 7) is 1.26. The maximum Gasteiger partial charge on any atom is 0.326 e. The van der Waals surface area contributed by atoms with Crippen LogP contribution in [0.4, 0.5) is 4.39 Å². The SMILES string of the molecule is COc1ccc(C[C@@H](NC(=O)[C@@H](Cc2ccc(F)cc2)NC(C)=O)C(=O)O)cc1. The van der Waals surface area contributed by atoms with Gasteiger partial charge in [0.25, 0.3) is 0 Å².